The molecule has 0 atom stereocenters. The van der Waals surface area contributed by atoms with E-state index in [0.29, 0.717) is 12.2 Å². The second-order valence-corrected chi connectivity index (χ2v) is 3.97. The van der Waals surface area contributed by atoms with Crippen LogP contribution in [0.25, 0.3) is 0 Å². The fourth-order valence-electron chi connectivity index (χ4n) is 1.61. The first kappa shape index (κ1) is 15.5. The molecule has 0 saturated carbocycles. The summed E-state index contributed by atoms with van der Waals surface area (Å²) in [5.74, 6) is -1.02. The third kappa shape index (κ3) is 3.48. The maximum atomic E-state index is 11.7. The zero-order valence-corrected chi connectivity index (χ0v) is 11.8. The molecule has 1 amide bonds. The molecule has 0 bridgehead atoms. The van der Waals surface area contributed by atoms with E-state index in [2.05, 4.69) is 5.32 Å². The summed E-state index contributed by atoms with van der Waals surface area (Å²) in [6.07, 6.45) is 0.137. The highest BCUT2D eigenvalue weighted by atomic mass is 16.7. The summed E-state index contributed by atoms with van der Waals surface area (Å²) in [4.78, 5) is 28.0. The van der Waals surface area contributed by atoms with Crippen molar-refractivity contribution in [2.75, 3.05) is 16.9 Å². The molecule has 1 rings (SSSR count). The smallest absolute Gasteiger partial charge is 0.332 e. The molecular weight excluding hydrogens is 258 g/mol. The van der Waals surface area contributed by atoms with Crippen LogP contribution in [0.2, 0.25) is 0 Å². The molecule has 1 aromatic carbocycles. The Morgan fingerprint density at radius 2 is 2.10 bits per heavy atom. The zero-order chi connectivity index (χ0) is 15.1. The van der Waals surface area contributed by atoms with Crippen molar-refractivity contribution in [2.24, 2.45) is 0 Å². The topological polar surface area (TPSA) is 82.4 Å². The van der Waals surface area contributed by atoms with Crippen LogP contribution >= 0.6 is 0 Å². The van der Waals surface area contributed by atoms with Crippen molar-refractivity contribution in [3.8, 4) is 6.07 Å². The number of anilines is 2. The Hall–Kier alpha value is -2.55. The van der Waals surface area contributed by atoms with Gasteiger partial charge in [-0.2, -0.15) is 5.26 Å². The standard InChI is InChI=1S/C14H17N3O3/c1-4-14(19)20-17(10(3)18)13-8-6-7-12(16-5-2)11(13)9-15/h6-8,16H,4-5H2,1-3H3. The molecule has 0 aliphatic carbocycles. The summed E-state index contributed by atoms with van der Waals surface area (Å²) >= 11 is 0. The van der Waals surface area contributed by atoms with E-state index in [0.717, 1.165) is 5.06 Å². The number of nitrogens with one attached hydrogen (secondary N) is 1. The normalized spacial score (nSPS) is 9.50. The number of rotatable bonds is 4. The van der Waals surface area contributed by atoms with E-state index in [1.165, 1.54) is 6.92 Å². The van der Waals surface area contributed by atoms with Crippen LogP contribution < -0.4 is 10.4 Å². The van der Waals surface area contributed by atoms with Gasteiger partial charge >= 0.3 is 5.97 Å². The van der Waals surface area contributed by atoms with Gasteiger partial charge in [0.05, 0.1) is 5.69 Å². The molecule has 0 aromatic heterocycles. The van der Waals surface area contributed by atoms with Gasteiger partial charge in [0.1, 0.15) is 17.3 Å². The molecule has 6 heteroatoms. The van der Waals surface area contributed by atoms with Gasteiger partial charge in [-0.3, -0.25) is 4.79 Å². The molecule has 0 fully saturated rings. The third-order valence-electron chi connectivity index (χ3n) is 2.51. The van der Waals surface area contributed by atoms with Crippen molar-refractivity contribution in [1.29, 1.82) is 5.26 Å². The average Bonchev–Trinajstić information content (AvgIpc) is 2.44. The number of hydrogen-bond donors (Lipinski definition) is 1. The van der Waals surface area contributed by atoms with Crippen molar-refractivity contribution in [1.82, 2.24) is 0 Å². The number of hydroxylamine groups is 1. The van der Waals surface area contributed by atoms with Crippen molar-refractivity contribution >= 4 is 23.3 Å². The quantitative estimate of drug-likeness (QED) is 0.852. The summed E-state index contributed by atoms with van der Waals surface area (Å²) in [7, 11) is 0. The molecular formula is C14H17N3O3. The number of nitrogens with zero attached hydrogens (tertiary/aromatic N) is 2. The third-order valence-corrected chi connectivity index (χ3v) is 2.51. The van der Waals surface area contributed by atoms with Gasteiger partial charge in [0.2, 0.25) is 0 Å². The van der Waals surface area contributed by atoms with Gasteiger partial charge in [-0.15, -0.1) is 5.06 Å². The zero-order valence-electron chi connectivity index (χ0n) is 11.8. The summed E-state index contributed by atoms with van der Waals surface area (Å²) in [5, 5.41) is 13.2. The minimum atomic E-state index is -0.544. The molecule has 0 radical (unpaired) electrons. The lowest BCUT2D eigenvalue weighted by molar-refractivity contribution is -0.149. The second-order valence-electron chi connectivity index (χ2n) is 3.97. The lowest BCUT2D eigenvalue weighted by atomic mass is 10.1. The molecule has 0 aliphatic rings. The summed E-state index contributed by atoms with van der Waals surface area (Å²) < 4.78 is 0. The van der Waals surface area contributed by atoms with Gasteiger partial charge in [-0.05, 0) is 19.1 Å². The number of benzene rings is 1. The van der Waals surface area contributed by atoms with Crippen LogP contribution in [0.3, 0.4) is 0 Å². The SMILES string of the molecule is CCNc1cccc(N(OC(=O)CC)C(C)=O)c1C#N. The Morgan fingerprint density at radius 1 is 1.40 bits per heavy atom. The first-order valence-corrected chi connectivity index (χ1v) is 6.33. The fourth-order valence-corrected chi connectivity index (χ4v) is 1.61. The Kier molecular flexibility index (Phi) is 5.54. The first-order valence-electron chi connectivity index (χ1n) is 6.33. The molecule has 1 aromatic rings. The van der Waals surface area contributed by atoms with Gasteiger partial charge in [0.15, 0.2) is 0 Å². The minimum Gasteiger partial charge on any atom is -0.384 e. The van der Waals surface area contributed by atoms with Crippen LogP contribution in [-0.2, 0) is 14.4 Å². The fraction of sp³-hybridized carbons (Fsp3) is 0.357. The number of hydrogen-bond acceptors (Lipinski definition) is 5. The van der Waals surface area contributed by atoms with Gasteiger partial charge in [-0.1, -0.05) is 13.0 Å². The monoisotopic (exact) mass is 275 g/mol. The highest BCUT2D eigenvalue weighted by Crippen LogP contribution is 2.27. The summed E-state index contributed by atoms with van der Waals surface area (Å²) in [6, 6.07) is 7.00. The van der Waals surface area contributed by atoms with Crippen LogP contribution in [0.15, 0.2) is 18.2 Å². The first-order chi connectivity index (χ1) is 9.54. The predicted octanol–water partition coefficient (Wildman–Crippen LogP) is 2.21. The second kappa shape index (κ2) is 7.14. The molecule has 0 unspecified atom stereocenters. The van der Waals surface area contributed by atoms with Crippen molar-refractivity contribution in [3.05, 3.63) is 23.8 Å². The van der Waals surface area contributed by atoms with Crippen molar-refractivity contribution in [3.63, 3.8) is 0 Å². The number of amides is 1. The maximum Gasteiger partial charge on any atom is 0.332 e. The van der Waals surface area contributed by atoms with Crippen LogP contribution in [0.5, 0.6) is 0 Å². The predicted molar refractivity (Wildman–Crippen MR) is 74.9 cm³/mol. The lowest BCUT2D eigenvalue weighted by Crippen LogP contribution is -2.32. The summed E-state index contributed by atoms with van der Waals surface area (Å²) in [6.45, 7) is 5.42. The highest BCUT2D eigenvalue weighted by molar-refractivity contribution is 5.94. The molecule has 106 valence electrons. The van der Waals surface area contributed by atoms with E-state index in [1.54, 1.807) is 25.1 Å². The Morgan fingerprint density at radius 3 is 2.60 bits per heavy atom. The lowest BCUT2D eigenvalue weighted by Gasteiger charge is -2.21. The molecule has 20 heavy (non-hydrogen) atoms. The van der Waals surface area contributed by atoms with Gasteiger partial charge < -0.3 is 10.2 Å². The van der Waals surface area contributed by atoms with E-state index < -0.39 is 11.9 Å². The van der Waals surface area contributed by atoms with Crippen molar-refractivity contribution < 1.29 is 14.4 Å². The molecule has 6 nitrogen and oxygen atoms in total. The largest absolute Gasteiger partial charge is 0.384 e. The van der Waals surface area contributed by atoms with E-state index >= 15 is 0 Å². The Labute approximate surface area is 117 Å². The van der Waals surface area contributed by atoms with E-state index in [1.807, 2.05) is 13.0 Å². The molecule has 0 aliphatic heterocycles. The molecule has 0 spiro atoms. The minimum absolute atomic E-state index is 0.137. The Bertz CT molecular complexity index is 549. The van der Waals surface area contributed by atoms with E-state index in [4.69, 9.17) is 4.84 Å². The summed E-state index contributed by atoms with van der Waals surface area (Å²) in [5.41, 5.74) is 1.10. The number of nitriles is 1. The van der Waals surface area contributed by atoms with Crippen LogP contribution in [0, 0.1) is 11.3 Å². The molecule has 1 N–H and O–H groups in total. The van der Waals surface area contributed by atoms with E-state index in [-0.39, 0.29) is 17.7 Å². The number of carbonyl (C=O) groups is 2. The van der Waals surface area contributed by atoms with Crippen LogP contribution in [-0.4, -0.2) is 18.4 Å². The van der Waals surface area contributed by atoms with Gasteiger partial charge in [-0.25, -0.2) is 4.79 Å². The van der Waals surface area contributed by atoms with E-state index in [9.17, 15) is 14.9 Å². The van der Waals surface area contributed by atoms with Crippen LogP contribution in [0.4, 0.5) is 11.4 Å². The van der Waals surface area contributed by atoms with Crippen LogP contribution in [0.1, 0.15) is 32.8 Å². The highest BCUT2D eigenvalue weighted by Gasteiger charge is 2.21. The Balaban J connectivity index is 3.26. The number of carbonyl (C=O) groups excluding carboxylic acids is 2. The van der Waals surface area contributed by atoms with Gasteiger partial charge in [0, 0.05) is 19.9 Å². The van der Waals surface area contributed by atoms with Gasteiger partial charge in [0.25, 0.3) is 5.91 Å². The molecule has 0 saturated heterocycles. The van der Waals surface area contributed by atoms with Crippen molar-refractivity contribution in [2.45, 2.75) is 27.2 Å². The maximum absolute atomic E-state index is 11.7. The molecule has 0 heterocycles. The average molecular weight is 275 g/mol.